The molecule has 0 saturated heterocycles. The highest BCUT2D eigenvalue weighted by Gasteiger charge is 2.24. The van der Waals surface area contributed by atoms with E-state index in [0.29, 0.717) is 17.5 Å². The molecule has 0 N–H and O–H groups in total. The van der Waals surface area contributed by atoms with Crippen LogP contribution in [0.4, 0.5) is 0 Å². The number of thiophene rings is 1. The first-order valence-corrected chi connectivity index (χ1v) is 20.1. The minimum atomic E-state index is 0.546. The van der Waals surface area contributed by atoms with E-state index in [2.05, 4.69) is 108 Å². The van der Waals surface area contributed by atoms with Gasteiger partial charge in [0.05, 0.1) is 16.6 Å². The number of furan rings is 2. The van der Waals surface area contributed by atoms with Crippen LogP contribution in [0.2, 0.25) is 0 Å². The second-order valence-electron chi connectivity index (χ2n) is 14.7. The first-order valence-electron chi connectivity index (χ1n) is 19.3. The van der Waals surface area contributed by atoms with Gasteiger partial charge in [0.25, 0.3) is 0 Å². The van der Waals surface area contributed by atoms with Gasteiger partial charge in [-0.25, -0.2) is 15.0 Å². The molecule has 6 nitrogen and oxygen atoms in total. The van der Waals surface area contributed by atoms with Gasteiger partial charge in [-0.2, -0.15) is 0 Å². The number of fused-ring (bicyclic) bond motifs is 13. The maximum absolute atomic E-state index is 6.72. The first kappa shape index (κ1) is 31.6. The molecule has 7 heteroatoms. The topological polar surface area (TPSA) is 69.9 Å². The summed E-state index contributed by atoms with van der Waals surface area (Å²) in [5.74, 6) is 1.71. The zero-order valence-electron chi connectivity index (χ0n) is 30.7. The molecule has 5 aromatic heterocycles. The van der Waals surface area contributed by atoms with Crippen molar-refractivity contribution in [1.29, 1.82) is 0 Å². The standard InChI is InChI=1S/C51H28N4O2S/c1-2-13-29(14-3-1)49-52-50(37-20-12-19-35-33-17-6-10-23-42(33)56-46(35)37)54-51(53-49)39-28-30(55-40-21-8-4-15-31(40)32-16-5-9-22-41(32)55)27-38-45-44(58-48(38)39)26-25-36-34-18-7-11-24-43(34)57-47(36)45/h1-28H. The Balaban J connectivity index is 1.17. The lowest BCUT2D eigenvalue weighted by Crippen LogP contribution is -2.01. The molecule has 0 saturated carbocycles. The second kappa shape index (κ2) is 11.9. The highest BCUT2D eigenvalue weighted by atomic mass is 32.1. The van der Waals surface area contributed by atoms with Gasteiger partial charge in [0, 0.05) is 69.3 Å². The van der Waals surface area contributed by atoms with Gasteiger partial charge in [0.1, 0.15) is 22.3 Å². The molecule has 0 spiro atoms. The lowest BCUT2D eigenvalue weighted by Gasteiger charge is -2.13. The summed E-state index contributed by atoms with van der Waals surface area (Å²) in [6.07, 6.45) is 0. The van der Waals surface area contributed by atoms with E-state index >= 15 is 0 Å². The van der Waals surface area contributed by atoms with E-state index in [4.69, 9.17) is 23.8 Å². The molecule has 58 heavy (non-hydrogen) atoms. The van der Waals surface area contributed by atoms with Crippen molar-refractivity contribution in [2.75, 3.05) is 0 Å². The molecule has 5 heterocycles. The van der Waals surface area contributed by atoms with Crippen molar-refractivity contribution in [3.63, 3.8) is 0 Å². The summed E-state index contributed by atoms with van der Waals surface area (Å²) >= 11 is 1.74. The van der Waals surface area contributed by atoms with E-state index < -0.39 is 0 Å². The summed E-state index contributed by atoms with van der Waals surface area (Å²) in [6, 6.07) is 59.0. The van der Waals surface area contributed by atoms with Gasteiger partial charge in [0.15, 0.2) is 17.5 Å². The van der Waals surface area contributed by atoms with Crippen LogP contribution in [-0.4, -0.2) is 19.5 Å². The monoisotopic (exact) mass is 760 g/mol. The Hall–Kier alpha value is -7.61. The van der Waals surface area contributed by atoms with Crippen molar-refractivity contribution in [2.45, 2.75) is 0 Å². The summed E-state index contributed by atoms with van der Waals surface area (Å²) in [5, 5.41) is 8.84. The third-order valence-corrected chi connectivity index (χ3v) is 12.7. The number of nitrogens with zero attached hydrogens (tertiary/aromatic N) is 4. The summed E-state index contributed by atoms with van der Waals surface area (Å²) < 4.78 is 17.8. The number of hydrogen-bond acceptors (Lipinski definition) is 6. The molecule has 0 aliphatic carbocycles. The van der Waals surface area contributed by atoms with Crippen molar-refractivity contribution in [1.82, 2.24) is 19.5 Å². The van der Waals surface area contributed by atoms with Gasteiger partial charge in [-0.1, -0.05) is 115 Å². The van der Waals surface area contributed by atoms with Crippen LogP contribution in [-0.2, 0) is 0 Å². The molecule has 0 radical (unpaired) electrons. The summed E-state index contributed by atoms with van der Waals surface area (Å²) in [4.78, 5) is 15.8. The fourth-order valence-corrected chi connectivity index (χ4v) is 10.1. The fourth-order valence-electron chi connectivity index (χ4n) is 8.88. The zero-order chi connectivity index (χ0) is 37.9. The van der Waals surface area contributed by atoms with Crippen LogP contribution < -0.4 is 0 Å². The Labute approximate surface area is 333 Å². The lowest BCUT2D eigenvalue weighted by atomic mass is 10.0. The Morgan fingerprint density at radius 3 is 1.71 bits per heavy atom. The molecular weight excluding hydrogens is 733 g/mol. The predicted molar refractivity (Wildman–Crippen MR) is 238 cm³/mol. The average Bonchev–Trinajstić information content (AvgIpc) is 4.05. The zero-order valence-corrected chi connectivity index (χ0v) is 31.5. The van der Waals surface area contributed by atoms with Crippen LogP contribution in [0.25, 0.3) is 126 Å². The molecule has 13 aromatic rings. The maximum Gasteiger partial charge on any atom is 0.167 e. The Morgan fingerprint density at radius 2 is 0.983 bits per heavy atom. The summed E-state index contributed by atoms with van der Waals surface area (Å²) in [5.41, 5.74) is 9.21. The molecule has 270 valence electrons. The van der Waals surface area contributed by atoms with Gasteiger partial charge >= 0.3 is 0 Å². The van der Waals surface area contributed by atoms with E-state index in [1.54, 1.807) is 11.3 Å². The van der Waals surface area contributed by atoms with Crippen LogP contribution in [0.3, 0.4) is 0 Å². The predicted octanol–water partition coefficient (Wildman–Crippen LogP) is 14.1. The summed E-state index contributed by atoms with van der Waals surface area (Å²) in [6.45, 7) is 0. The van der Waals surface area contributed by atoms with Crippen LogP contribution in [0.15, 0.2) is 179 Å². The van der Waals surface area contributed by atoms with E-state index in [1.165, 1.54) is 10.8 Å². The SMILES string of the molecule is c1ccc(-c2nc(-c3cccc4c3oc3ccccc34)nc(-c3cc(-n4c5ccccc5c5ccccc54)cc4c3sc3ccc5c6ccccc6oc5c34)n2)cc1. The molecule has 0 fully saturated rings. The number of hydrogen-bond donors (Lipinski definition) is 0. The van der Waals surface area contributed by atoms with Gasteiger partial charge in [-0.05, 0) is 54.6 Å². The summed E-state index contributed by atoms with van der Waals surface area (Å²) in [7, 11) is 0. The van der Waals surface area contributed by atoms with Crippen LogP contribution >= 0.6 is 11.3 Å². The van der Waals surface area contributed by atoms with Crippen molar-refractivity contribution in [3.05, 3.63) is 170 Å². The van der Waals surface area contributed by atoms with Gasteiger partial charge in [-0.15, -0.1) is 11.3 Å². The molecule has 13 rings (SSSR count). The molecule has 0 atom stereocenters. The van der Waals surface area contributed by atoms with Crippen molar-refractivity contribution < 1.29 is 8.83 Å². The quantitative estimate of drug-likeness (QED) is 0.179. The minimum Gasteiger partial charge on any atom is -0.455 e. The van der Waals surface area contributed by atoms with Crippen LogP contribution in [0.5, 0.6) is 0 Å². The Kier molecular flexibility index (Phi) is 6.50. The molecule has 0 unspecified atom stereocenters. The number of para-hydroxylation sites is 5. The first-order chi connectivity index (χ1) is 28.7. The third-order valence-electron chi connectivity index (χ3n) is 11.5. The van der Waals surface area contributed by atoms with Crippen molar-refractivity contribution >= 4 is 97.2 Å². The van der Waals surface area contributed by atoms with E-state index in [1.807, 2.05) is 66.7 Å². The average molecular weight is 761 g/mol. The van der Waals surface area contributed by atoms with Gasteiger partial charge in [0.2, 0.25) is 0 Å². The largest absolute Gasteiger partial charge is 0.455 e. The normalized spacial score (nSPS) is 12.1. The third kappa shape index (κ3) is 4.50. The number of rotatable bonds is 4. The molecule has 0 bridgehead atoms. The van der Waals surface area contributed by atoms with Gasteiger partial charge in [-0.3, -0.25) is 0 Å². The Bertz CT molecular complexity index is 3760. The Morgan fingerprint density at radius 1 is 0.414 bits per heavy atom. The highest BCUT2D eigenvalue weighted by Crippen LogP contribution is 2.47. The molecule has 0 aliphatic heterocycles. The van der Waals surface area contributed by atoms with Crippen molar-refractivity contribution in [2.24, 2.45) is 0 Å². The van der Waals surface area contributed by atoms with E-state index in [0.717, 1.165) is 97.5 Å². The second-order valence-corrected chi connectivity index (χ2v) is 15.8. The van der Waals surface area contributed by atoms with Crippen molar-refractivity contribution in [3.8, 4) is 39.9 Å². The van der Waals surface area contributed by atoms with Crippen LogP contribution in [0.1, 0.15) is 0 Å². The van der Waals surface area contributed by atoms with E-state index in [-0.39, 0.29) is 0 Å². The van der Waals surface area contributed by atoms with Gasteiger partial charge < -0.3 is 13.4 Å². The fraction of sp³-hybridized carbons (Fsp3) is 0. The maximum atomic E-state index is 6.72. The minimum absolute atomic E-state index is 0.546. The van der Waals surface area contributed by atoms with Crippen LogP contribution in [0, 0.1) is 0 Å². The lowest BCUT2D eigenvalue weighted by molar-refractivity contribution is 0.669. The van der Waals surface area contributed by atoms with E-state index in [9.17, 15) is 0 Å². The molecule has 0 amide bonds. The number of benzene rings is 8. The smallest absolute Gasteiger partial charge is 0.167 e. The number of aromatic nitrogens is 4. The highest BCUT2D eigenvalue weighted by molar-refractivity contribution is 7.26. The molecule has 0 aliphatic rings. The molecule has 8 aromatic carbocycles. The molecular formula is C51H28N4O2S.